The van der Waals surface area contributed by atoms with E-state index in [1.165, 1.54) is 18.2 Å². The number of nitrogens with one attached hydrogen (secondary N) is 1. The number of aliphatic hydroxyl groups is 1. The molecule has 0 unspecified atom stereocenters. The largest absolute Gasteiger partial charge is 0.396 e. The normalized spacial score (nSPS) is 14.8. The predicted octanol–water partition coefficient (Wildman–Crippen LogP) is 3.97. The van der Waals surface area contributed by atoms with Gasteiger partial charge >= 0.3 is 0 Å². The van der Waals surface area contributed by atoms with Gasteiger partial charge in [-0.2, -0.15) is 0 Å². The number of hydrogen-bond donors (Lipinski definition) is 2. The summed E-state index contributed by atoms with van der Waals surface area (Å²) in [6.07, 6.45) is 1.39. The Morgan fingerprint density at radius 3 is 2.70 bits per heavy atom. The highest BCUT2D eigenvalue weighted by molar-refractivity contribution is 8.18. The van der Waals surface area contributed by atoms with Gasteiger partial charge in [0, 0.05) is 17.5 Å². The monoisotopic (exact) mass is 487 g/mol. The number of carbonyl (C=O) groups excluding carboxylic acids is 3. The average molecular weight is 488 g/mol. The summed E-state index contributed by atoms with van der Waals surface area (Å²) < 4.78 is 0. The zero-order valence-electron chi connectivity index (χ0n) is 17.9. The summed E-state index contributed by atoms with van der Waals surface area (Å²) in [5.41, 5.74) is 2.63. The van der Waals surface area contributed by atoms with E-state index in [1.54, 1.807) is 12.1 Å². The van der Waals surface area contributed by atoms with Gasteiger partial charge in [-0.15, -0.1) is 11.8 Å². The van der Waals surface area contributed by atoms with Gasteiger partial charge in [0.25, 0.3) is 16.8 Å². The second-order valence-corrected chi connectivity index (χ2v) is 9.32. The van der Waals surface area contributed by atoms with Crippen LogP contribution in [0.3, 0.4) is 0 Å². The van der Waals surface area contributed by atoms with E-state index >= 15 is 0 Å². The number of rotatable bonds is 8. The number of hydrogen-bond acceptors (Lipinski definition) is 8. The maximum absolute atomic E-state index is 12.7. The molecule has 2 N–H and O–H groups in total. The number of carbonyl (C=O) groups is 3. The van der Waals surface area contributed by atoms with E-state index in [2.05, 4.69) is 5.32 Å². The Kier molecular flexibility index (Phi) is 7.90. The number of anilines is 1. The molecule has 2 aromatic rings. The second-order valence-electron chi connectivity index (χ2n) is 7.19. The van der Waals surface area contributed by atoms with Gasteiger partial charge in [0.05, 0.1) is 21.3 Å². The first kappa shape index (κ1) is 24.5. The van der Waals surface area contributed by atoms with Crippen LogP contribution in [-0.4, -0.2) is 50.9 Å². The molecule has 0 aromatic heterocycles. The first-order valence-corrected chi connectivity index (χ1v) is 11.6. The second kappa shape index (κ2) is 10.6. The lowest BCUT2D eigenvalue weighted by molar-refractivity contribution is -0.387. The molecule has 0 atom stereocenters. The number of nitro groups is 1. The molecule has 0 radical (unpaired) electrons. The summed E-state index contributed by atoms with van der Waals surface area (Å²) >= 11 is 1.82. The van der Waals surface area contributed by atoms with Gasteiger partial charge in [-0.25, -0.2) is 0 Å². The Balaban J connectivity index is 1.75. The van der Waals surface area contributed by atoms with Gasteiger partial charge in [-0.05, 0) is 60.5 Å². The SMILES string of the molecule is Cc1ccc(C)c(NC(=O)CN2C(=O)S/C(=C\c3ccc(SCCO)c([N+](=O)[O-])c3)C2=O)c1. The van der Waals surface area contributed by atoms with Crippen LogP contribution in [0.4, 0.5) is 16.2 Å². The minimum absolute atomic E-state index is 0.0737. The lowest BCUT2D eigenvalue weighted by Crippen LogP contribution is -2.36. The Labute approximate surface area is 198 Å². The third-order valence-electron chi connectivity index (χ3n) is 4.67. The highest BCUT2D eigenvalue weighted by Crippen LogP contribution is 2.35. The highest BCUT2D eigenvalue weighted by Gasteiger charge is 2.36. The average Bonchev–Trinajstić information content (AvgIpc) is 3.02. The third-order valence-corrected chi connectivity index (χ3v) is 6.62. The van der Waals surface area contributed by atoms with E-state index in [0.29, 0.717) is 33.7 Å². The minimum Gasteiger partial charge on any atom is -0.396 e. The molecule has 3 amide bonds. The summed E-state index contributed by atoms with van der Waals surface area (Å²) in [7, 11) is 0. The number of nitro benzene ring substituents is 1. The van der Waals surface area contributed by atoms with Gasteiger partial charge in [0.1, 0.15) is 6.54 Å². The molecule has 2 aromatic carbocycles. The van der Waals surface area contributed by atoms with Crippen molar-refractivity contribution < 1.29 is 24.4 Å². The van der Waals surface area contributed by atoms with Crippen LogP contribution in [0.5, 0.6) is 0 Å². The van der Waals surface area contributed by atoms with Crippen molar-refractivity contribution in [2.75, 3.05) is 24.2 Å². The van der Waals surface area contributed by atoms with E-state index in [-0.39, 0.29) is 17.2 Å². The molecule has 0 aliphatic carbocycles. The Morgan fingerprint density at radius 1 is 1.24 bits per heavy atom. The molecule has 9 nitrogen and oxygen atoms in total. The molecule has 33 heavy (non-hydrogen) atoms. The minimum atomic E-state index is -0.637. The number of nitrogens with zero attached hydrogens (tertiary/aromatic N) is 2. The van der Waals surface area contributed by atoms with Crippen molar-refractivity contribution in [3.8, 4) is 0 Å². The molecule has 1 fully saturated rings. The maximum atomic E-state index is 12.7. The lowest BCUT2D eigenvalue weighted by atomic mass is 10.1. The molecule has 1 aliphatic rings. The van der Waals surface area contributed by atoms with Crippen LogP contribution >= 0.6 is 23.5 Å². The Hall–Kier alpha value is -3.15. The first-order chi connectivity index (χ1) is 15.7. The zero-order valence-corrected chi connectivity index (χ0v) is 19.5. The summed E-state index contributed by atoms with van der Waals surface area (Å²) in [6.45, 7) is 3.17. The van der Waals surface area contributed by atoms with Crippen molar-refractivity contribution in [2.24, 2.45) is 0 Å². The van der Waals surface area contributed by atoms with Crippen molar-refractivity contribution >= 4 is 58.0 Å². The molecule has 1 saturated heterocycles. The molecule has 3 rings (SSSR count). The van der Waals surface area contributed by atoms with Crippen molar-refractivity contribution in [3.05, 3.63) is 68.1 Å². The van der Waals surface area contributed by atoms with Gasteiger partial charge in [-0.1, -0.05) is 18.2 Å². The molecule has 1 heterocycles. The number of thioether (sulfide) groups is 2. The van der Waals surface area contributed by atoms with Crippen LogP contribution in [0.1, 0.15) is 16.7 Å². The standard InChI is InChI=1S/C22H21N3O6S2/c1-13-3-4-14(2)16(9-13)23-20(27)12-24-21(28)19(33-22(24)29)11-15-5-6-18(32-8-7-26)17(10-15)25(30)31/h3-6,9-11,26H,7-8,12H2,1-2H3,(H,23,27)/b19-11-. The number of imide groups is 1. The van der Waals surface area contributed by atoms with Crippen LogP contribution in [0.25, 0.3) is 6.08 Å². The summed E-state index contributed by atoms with van der Waals surface area (Å²) in [5, 5.41) is 22.5. The maximum Gasteiger partial charge on any atom is 0.294 e. The highest BCUT2D eigenvalue weighted by atomic mass is 32.2. The third kappa shape index (κ3) is 6.01. The van der Waals surface area contributed by atoms with Crippen LogP contribution in [0.2, 0.25) is 0 Å². The first-order valence-electron chi connectivity index (χ1n) is 9.84. The fourth-order valence-electron chi connectivity index (χ4n) is 3.04. The molecule has 0 saturated carbocycles. The Bertz CT molecular complexity index is 1160. The molecule has 11 heteroatoms. The molecule has 1 aliphatic heterocycles. The quantitative estimate of drug-likeness (QED) is 0.248. The van der Waals surface area contributed by atoms with Crippen molar-refractivity contribution in [2.45, 2.75) is 18.7 Å². The predicted molar refractivity (Wildman–Crippen MR) is 128 cm³/mol. The molecular formula is C22H21N3O6S2. The van der Waals surface area contributed by atoms with Crippen molar-refractivity contribution in [1.82, 2.24) is 4.90 Å². The van der Waals surface area contributed by atoms with Gasteiger partial charge in [0.2, 0.25) is 5.91 Å². The molecule has 172 valence electrons. The topological polar surface area (TPSA) is 130 Å². The van der Waals surface area contributed by atoms with Crippen LogP contribution in [0, 0.1) is 24.0 Å². The van der Waals surface area contributed by atoms with Crippen LogP contribution in [-0.2, 0) is 9.59 Å². The number of aryl methyl sites for hydroxylation is 2. The number of benzene rings is 2. The van der Waals surface area contributed by atoms with E-state index < -0.39 is 28.5 Å². The lowest BCUT2D eigenvalue weighted by Gasteiger charge is -2.14. The van der Waals surface area contributed by atoms with Gasteiger partial charge in [-0.3, -0.25) is 29.4 Å². The van der Waals surface area contributed by atoms with Gasteiger partial charge in [0.15, 0.2) is 0 Å². The van der Waals surface area contributed by atoms with E-state index in [4.69, 9.17) is 5.11 Å². The van der Waals surface area contributed by atoms with E-state index in [1.807, 2.05) is 26.0 Å². The Morgan fingerprint density at radius 2 is 2.00 bits per heavy atom. The summed E-state index contributed by atoms with van der Waals surface area (Å²) in [5.74, 6) is -0.834. The summed E-state index contributed by atoms with van der Waals surface area (Å²) in [4.78, 5) is 49.7. The number of aliphatic hydroxyl groups excluding tert-OH is 1. The van der Waals surface area contributed by atoms with Gasteiger partial charge < -0.3 is 10.4 Å². The van der Waals surface area contributed by atoms with E-state index in [9.17, 15) is 24.5 Å². The van der Waals surface area contributed by atoms with E-state index in [0.717, 1.165) is 27.8 Å². The smallest absolute Gasteiger partial charge is 0.294 e. The summed E-state index contributed by atoms with van der Waals surface area (Å²) in [6, 6.07) is 10.0. The van der Waals surface area contributed by atoms with Crippen molar-refractivity contribution in [3.63, 3.8) is 0 Å². The molecule has 0 spiro atoms. The molecule has 0 bridgehead atoms. The fourth-order valence-corrected chi connectivity index (χ4v) is 4.63. The zero-order chi connectivity index (χ0) is 24.1. The molecular weight excluding hydrogens is 466 g/mol. The van der Waals surface area contributed by atoms with Crippen LogP contribution < -0.4 is 5.32 Å². The number of amides is 3. The van der Waals surface area contributed by atoms with Crippen LogP contribution in [0.15, 0.2) is 46.2 Å². The fraction of sp³-hybridized carbons (Fsp3) is 0.227. The van der Waals surface area contributed by atoms with Crippen molar-refractivity contribution in [1.29, 1.82) is 0 Å².